The van der Waals surface area contributed by atoms with Crippen LogP contribution in [0.3, 0.4) is 0 Å². The molecule has 1 saturated heterocycles. The third kappa shape index (κ3) is 4.96. The van der Waals surface area contributed by atoms with Crippen LogP contribution in [-0.2, 0) is 10.0 Å². The second-order valence-electron chi connectivity index (χ2n) is 4.26. The molecule has 17 heavy (non-hydrogen) atoms. The number of halogens is 1. The predicted molar refractivity (Wildman–Crippen MR) is 80.2 cm³/mol. The van der Waals surface area contributed by atoms with Crippen LogP contribution in [0, 0.1) is 0 Å². The van der Waals surface area contributed by atoms with E-state index in [1.807, 2.05) is 14.1 Å². The largest absolute Gasteiger partial charge is 0.370 e. The van der Waals surface area contributed by atoms with E-state index in [-0.39, 0.29) is 30.0 Å². The maximum atomic E-state index is 11.5. The summed E-state index contributed by atoms with van der Waals surface area (Å²) in [5, 5.41) is 0. The molecule has 1 atom stereocenters. The molecule has 1 heterocycles. The van der Waals surface area contributed by atoms with E-state index in [2.05, 4.69) is 4.99 Å². The molecule has 0 aromatic heterocycles. The van der Waals surface area contributed by atoms with Gasteiger partial charge < -0.3 is 10.6 Å². The van der Waals surface area contributed by atoms with Crippen molar-refractivity contribution < 1.29 is 8.42 Å². The van der Waals surface area contributed by atoms with Gasteiger partial charge >= 0.3 is 0 Å². The van der Waals surface area contributed by atoms with E-state index in [0.717, 1.165) is 12.8 Å². The van der Waals surface area contributed by atoms with Crippen LogP contribution in [0.15, 0.2) is 4.99 Å². The molecule has 0 radical (unpaired) electrons. The summed E-state index contributed by atoms with van der Waals surface area (Å²) in [6.07, 6.45) is 3.00. The number of hydrogen-bond acceptors (Lipinski definition) is 3. The van der Waals surface area contributed by atoms with E-state index in [1.165, 1.54) is 10.6 Å². The van der Waals surface area contributed by atoms with Gasteiger partial charge in [-0.2, -0.15) is 4.31 Å². The van der Waals surface area contributed by atoms with Gasteiger partial charge in [0.05, 0.1) is 12.8 Å². The summed E-state index contributed by atoms with van der Waals surface area (Å²) in [6.45, 7) is 1.04. The standard InChI is InChI=1S/C9H20N4O2S.HI/c1-12(2)9(10)11-7-8-5-4-6-13(8)16(3,14)15;/h8H,4-7H2,1-3H3,(H2,10,11);1H/t8-;/m1./s1. The van der Waals surface area contributed by atoms with E-state index in [9.17, 15) is 8.42 Å². The summed E-state index contributed by atoms with van der Waals surface area (Å²) in [4.78, 5) is 5.89. The Morgan fingerprint density at radius 2 is 2.12 bits per heavy atom. The second kappa shape index (κ2) is 6.74. The van der Waals surface area contributed by atoms with E-state index in [4.69, 9.17) is 5.73 Å². The lowest BCUT2D eigenvalue weighted by atomic mass is 10.2. The maximum Gasteiger partial charge on any atom is 0.211 e. The molecule has 0 amide bonds. The van der Waals surface area contributed by atoms with Crippen molar-refractivity contribution in [2.24, 2.45) is 10.7 Å². The Morgan fingerprint density at radius 1 is 1.53 bits per heavy atom. The lowest BCUT2D eigenvalue weighted by Gasteiger charge is -2.21. The predicted octanol–water partition coefficient (Wildman–Crippen LogP) is -0.0953. The zero-order valence-electron chi connectivity index (χ0n) is 10.5. The molecule has 0 unspecified atom stereocenters. The molecular weight excluding hydrogens is 355 g/mol. The van der Waals surface area contributed by atoms with Crippen molar-refractivity contribution in [3.05, 3.63) is 0 Å². The van der Waals surface area contributed by atoms with Crippen LogP contribution in [0.2, 0.25) is 0 Å². The molecule has 0 spiro atoms. The normalized spacial score (nSPS) is 22.3. The van der Waals surface area contributed by atoms with Crippen molar-refractivity contribution in [3.8, 4) is 0 Å². The first-order valence-electron chi connectivity index (χ1n) is 5.26. The van der Waals surface area contributed by atoms with Crippen molar-refractivity contribution in [1.29, 1.82) is 0 Å². The number of nitrogens with zero attached hydrogens (tertiary/aromatic N) is 3. The third-order valence-corrected chi connectivity index (χ3v) is 4.00. The van der Waals surface area contributed by atoms with Gasteiger partial charge in [-0.25, -0.2) is 8.42 Å². The maximum absolute atomic E-state index is 11.5. The summed E-state index contributed by atoms with van der Waals surface area (Å²) in [7, 11) is 0.505. The van der Waals surface area contributed by atoms with Gasteiger partial charge in [0.2, 0.25) is 10.0 Å². The number of aliphatic imine (C=N–C) groups is 1. The molecule has 0 saturated carbocycles. The smallest absolute Gasteiger partial charge is 0.211 e. The van der Waals surface area contributed by atoms with Gasteiger partial charge in [-0.1, -0.05) is 0 Å². The van der Waals surface area contributed by atoms with Gasteiger partial charge in [-0.05, 0) is 12.8 Å². The topological polar surface area (TPSA) is 79.0 Å². The quantitative estimate of drug-likeness (QED) is 0.424. The number of rotatable bonds is 3. The molecule has 1 fully saturated rings. The molecule has 0 aromatic rings. The Kier molecular flexibility index (Phi) is 6.70. The molecule has 102 valence electrons. The van der Waals surface area contributed by atoms with Crippen molar-refractivity contribution in [2.45, 2.75) is 18.9 Å². The van der Waals surface area contributed by atoms with E-state index in [1.54, 1.807) is 4.90 Å². The second-order valence-corrected chi connectivity index (χ2v) is 6.20. The minimum Gasteiger partial charge on any atom is -0.370 e. The van der Waals surface area contributed by atoms with Crippen molar-refractivity contribution in [1.82, 2.24) is 9.21 Å². The van der Waals surface area contributed by atoms with Crippen molar-refractivity contribution in [3.63, 3.8) is 0 Å². The minimum atomic E-state index is -3.11. The number of nitrogens with two attached hydrogens (primary N) is 1. The van der Waals surface area contributed by atoms with Crippen LogP contribution < -0.4 is 5.73 Å². The summed E-state index contributed by atoms with van der Waals surface area (Å²) >= 11 is 0. The van der Waals surface area contributed by atoms with Gasteiger partial charge in [-0.3, -0.25) is 4.99 Å². The highest BCUT2D eigenvalue weighted by molar-refractivity contribution is 14.0. The van der Waals surface area contributed by atoms with Crippen LogP contribution in [-0.4, -0.2) is 63.1 Å². The molecule has 0 bridgehead atoms. The van der Waals surface area contributed by atoms with Crippen LogP contribution in [0.1, 0.15) is 12.8 Å². The Balaban J connectivity index is 0.00000256. The Bertz CT molecular complexity index is 369. The Labute approximate surface area is 120 Å². The third-order valence-electron chi connectivity index (χ3n) is 2.67. The molecule has 1 aliphatic rings. The number of hydrogen-bond donors (Lipinski definition) is 1. The Morgan fingerprint density at radius 3 is 2.59 bits per heavy atom. The molecule has 8 heteroatoms. The molecule has 1 aliphatic heterocycles. The highest BCUT2D eigenvalue weighted by Crippen LogP contribution is 2.20. The van der Waals surface area contributed by atoms with Gasteiger partial charge in [0, 0.05) is 26.7 Å². The lowest BCUT2D eigenvalue weighted by molar-refractivity contribution is 0.396. The first kappa shape index (κ1) is 16.9. The molecule has 6 nitrogen and oxygen atoms in total. The average Bonchev–Trinajstić information content (AvgIpc) is 2.60. The lowest BCUT2D eigenvalue weighted by Crippen LogP contribution is -2.38. The molecule has 2 N–H and O–H groups in total. The number of sulfonamides is 1. The molecule has 1 rings (SSSR count). The first-order valence-corrected chi connectivity index (χ1v) is 7.11. The summed E-state index contributed by atoms with van der Waals surface area (Å²) in [6, 6.07) is -0.0338. The number of guanidine groups is 1. The van der Waals surface area contributed by atoms with Crippen LogP contribution >= 0.6 is 24.0 Å². The summed E-state index contributed by atoms with van der Waals surface area (Å²) in [5.41, 5.74) is 5.66. The van der Waals surface area contributed by atoms with Crippen LogP contribution in [0.5, 0.6) is 0 Å². The van der Waals surface area contributed by atoms with Gasteiger partial charge in [0.15, 0.2) is 5.96 Å². The fourth-order valence-electron chi connectivity index (χ4n) is 1.77. The zero-order chi connectivity index (χ0) is 12.3. The fraction of sp³-hybridized carbons (Fsp3) is 0.889. The highest BCUT2D eigenvalue weighted by atomic mass is 127. The van der Waals surface area contributed by atoms with Crippen LogP contribution in [0.25, 0.3) is 0 Å². The minimum absolute atomic E-state index is 0. The van der Waals surface area contributed by atoms with E-state index in [0.29, 0.717) is 19.0 Å². The van der Waals surface area contributed by atoms with Crippen molar-refractivity contribution in [2.75, 3.05) is 33.4 Å². The average molecular weight is 376 g/mol. The SMILES string of the molecule is CN(C)C(N)=NC[C@H]1CCCN1S(C)(=O)=O.I. The summed E-state index contributed by atoms with van der Waals surface area (Å²) < 4.78 is 24.4. The summed E-state index contributed by atoms with van der Waals surface area (Å²) in [5.74, 6) is 0.431. The van der Waals surface area contributed by atoms with Gasteiger partial charge in [0.1, 0.15) is 0 Å². The fourth-order valence-corrected chi connectivity index (χ4v) is 2.94. The Hall–Kier alpha value is -0.0900. The molecule has 0 aromatic carbocycles. The van der Waals surface area contributed by atoms with E-state index < -0.39 is 10.0 Å². The van der Waals surface area contributed by atoms with Crippen molar-refractivity contribution >= 4 is 40.0 Å². The highest BCUT2D eigenvalue weighted by Gasteiger charge is 2.30. The van der Waals surface area contributed by atoms with E-state index >= 15 is 0 Å². The zero-order valence-corrected chi connectivity index (χ0v) is 13.6. The van der Waals surface area contributed by atoms with Gasteiger partial charge in [0.25, 0.3) is 0 Å². The van der Waals surface area contributed by atoms with Gasteiger partial charge in [-0.15, -0.1) is 24.0 Å². The molecular formula is C9H21IN4O2S. The van der Waals surface area contributed by atoms with Crippen LogP contribution in [0.4, 0.5) is 0 Å². The first-order chi connectivity index (χ1) is 7.32. The monoisotopic (exact) mass is 376 g/mol. The molecule has 0 aliphatic carbocycles.